The highest BCUT2D eigenvalue weighted by Gasteiger charge is 2.13. The van der Waals surface area contributed by atoms with E-state index in [1.54, 1.807) is 29.2 Å². The number of nitrogens with zero attached hydrogens (tertiary/aromatic N) is 1. The van der Waals surface area contributed by atoms with Crippen molar-refractivity contribution in [3.8, 4) is 0 Å². The number of alkyl halides is 1. The van der Waals surface area contributed by atoms with Crippen molar-refractivity contribution in [3.05, 3.63) is 34.9 Å². The first-order chi connectivity index (χ1) is 7.69. The van der Waals surface area contributed by atoms with Gasteiger partial charge in [-0.1, -0.05) is 17.7 Å². The molecule has 0 atom stereocenters. The van der Waals surface area contributed by atoms with Gasteiger partial charge in [-0.3, -0.25) is 4.79 Å². The van der Waals surface area contributed by atoms with Crippen molar-refractivity contribution in [3.63, 3.8) is 0 Å². The maximum atomic E-state index is 12.1. The van der Waals surface area contributed by atoms with Crippen LogP contribution in [0.3, 0.4) is 0 Å². The van der Waals surface area contributed by atoms with Gasteiger partial charge in [-0.15, -0.1) is 11.6 Å². The van der Waals surface area contributed by atoms with E-state index >= 15 is 0 Å². The third kappa shape index (κ3) is 3.69. The lowest BCUT2D eigenvalue weighted by Gasteiger charge is -2.20. The van der Waals surface area contributed by atoms with E-state index in [4.69, 9.17) is 23.2 Å². The lowest BCUT2D eigenvalue weighted by molar-refractivity contribution is 0.0765. The maximum Gasteiger partial charge on any atom is 0.253 e. The molecule has 0 aliphatic rings. The summed E-state index contributed by atoms with van der Waals surface area (Å²) in [6, 6.07) is 7.00. The van der Waals surface area contributed by atoms with E-state index in [2.05, 4.69) is 0 Å². The summed E-state index contributed by atoms with van der Waals surface area (Å²) in [5.74, 6) is 0.578. The van der Waals surface area contributed by atoms with Gasteiger partial charge in [-0.2, -0.15) is 0 Å². The molecule has 0 saturated heterocycles. The van der Waals surface area contributed by atoms with Crippen molar-refractivity contribution in [2.45, 2.75) is 13.3 Å². The van der Waals surface area contributed by atoms with Gasteiger partial charge in [-0.25, -0.2) is 0 Å². The molecule has 0 bridgehead atoms. The number of amides is 1. The fraction of sp³-hybridized carbons (Fsp3) is 0.417. The molecule has 88 valence electrons. The molecule has 2 nitrogen and oxygen atoms in total. The Morgan fingerprint density at radius 2 is 2.19 bits per heavy atom. The first kappa shape index (κ1) is 13.3. The molecule has 0 spiro atoms. The summed E-state index contributed by atoms with van der Waals surface area (Å²) in [4.78, 5) is 13.8. The van der Waals surface area contributed by atoms with Crippen LogP contribution in [0.15, 0.2) is 24.3 Å². The zero-order valence-corrected chi connectivity index (χ0v) is 10.8. The van der Waals surface area contributed by atoms with Gasteiger partial charge in [0.1, 0.15) is 0 Å². The van der Waals surface area contributed by atoms with Crippen molar-refractivity contribution in [2.75, 3.05) is 19.0 Å². The summed E-state index contributed by atoms with van der Waals surface area (Å²) in [6.07, 6.45) is 0.807. The number of halogens is 2. The monoisotopic (exact) mass is 259 g/mol. The van der Waals surface area contributed by atoms with Gasteiger partial charge in [0, 0.05) is 29.6 Å². The average Bonchev–Trinajstić information content (AvgIpc) is 2.29. The highest BCUT2D eigenvalue weighted by Crippen LogP contribution is 2.13. The van der Waals surface area contributed by atoms with E-state index in [-0.39, 0.29) is 5.91 Å². The van der Waals surface area contributed by atoms with Gasteiger partial charge in [-0.05, 0) is 31.5 Å². The quantitative estimate of drug-likeness (QED) is 0.743. The van der Waals surface area contributed by atoms with Gasteiger partial charge in [0.15, 0.2) is 0 Å². The largest absolute Gasteiger partial charge is 0.339 e. The Morgan fingerprint density at radius 1 is 1.44 bits per heavy atom. The summed E-state index contributed by atoms with van der Waals surface area (Å²) in [6.45, 7) is 3.32. The molecule has 0 saturated carbocycles. The molecule has 1 aromatic carbocycles. The number of hydrogen-bond donors (Lipinski definition) is 0. The second kappa shape index (κ2) is 6.77. The van der Waals surface area contributed by atoms with Gasteiger partial charge in [0.2, 0.25) is 0 Å². The summed E-state index contributed by atoms with van der Waals surface area (Å²) in [7, 11) is 0. The van der Waals surface area contributed by atoms with Crippen molar-refractivity contribution >= 4 is 29.1 Å². The minimum atomic E-state index is 0.00937. The standard InChI is InChI=1S/C12H15Cl2NO/c1-2-15(8-4-7-13)12(16)10-5-3-6-11(14)9-10/h3,5-6,9H,2,4,7-8H2,1H3. The highest BCUT2D eigenvalue weighted by molar-refractivity contribution is 6.30. The normalized spacial score (nSPS) is 10.2. The Kier molecular flexibility index (Phi) is 5.64. The lowest BCUT2D eigenvalue weighted by Crippen LogP contribution is -2.31. The molecule has 1 aromatic rings. The molecule has 0 heterocycles. The van der Waals surface area contributed by atoms with E-state index in [9.17, 15) is 4.79 Å². The number of rotatable bonds is 5. The van der Waals surface area contributed by atoms with Crippen LogP contribution in [0.25, 0.3) is 0 Å². The molecule has 0 unspecified atom stereocenters. The first-order valence-corrected chi connectivity index (χ1v) is 6.21. The first-order valence-electron chi connectivity index (χ1n) is 5.29. The van der Waals surface area contributed by atoms with E-state index in [1.807, 2.05) is 6.92 Å². The van der Waals surface area contributed by atoms with Gasteiger partial charge in [0.05, 0.1) is 0 Å². The number of carbonyl (C=O) groups is 1. The Hall–Kier alpha value is -0.730. The maximum absolute atomic E-state index is 12.1. The van der Waals surface area contributed by atoms with Gasteiger partial charge < -0.3 is 4.90 Å². The summed E-state index contributed by atoms with van der Waals surface area (Å²) in [5, 5.41) is 0.583. The summed E-state index contributed by atoms with van der Waals surface area (Å²) >= 11 is 11.5. The third-order valence-corrected chi connectivity index (χ3v) is 2.80. The van der Waals surface area contributed by atoms with Crippen molar-refractivity contribution in [2.24, 2.45) is 0 Å². The van der Waals surface area contributed by atoms with E-state index in [0.29, 0.717) is 29.6 Å². The SMILES string of the molecule is CCN(CCCCl)C(=O)c1cccc(Cl)c1. The van der Waals surface area contributed by atoms with Crippen LogP contribution in [-0.2, 0) is 0 Å². The van der Waals surface area contributed by atoms with Crippen LogP contribution in [0.1, 0.15) is 23.7 Å². The van der Waals surface area contributed by atoms with E-state index in [0.717, 1.165) is 6.42 Å². The average molecular weight is 260 g/mol. The molecule has 0 fully saturated rings. The molecule has 16 heavy (non-hydrogen) atoms. The van der Waals surface area contributed by atoms with Crippen molar-refractivity contribution in [1.82, 2.24) is 4.90 Å². The second-order valence-electron chi connectivity index (χ2n) is 3.44. The summed E-state index contributed by atoms with van der Waals surface area (Å²) < 4.78 is 0. The Labute approximate surface area is 106 Å². The van der Waals surface area contributed by atoms with Gasteiger partial charge >= 0.3 is 0 Å². The molecule has 0 N–H and O–H groups in total. The molecule has 1 amide bonds. The zero-order valence-electron chi connectivity index (χ0n) is 9.25. The minimum absolute atomic E-state index is 0.00937. The summed E-state index contributed by atoms with van der Waals surface area (Å²) in [5.41, 5.74) is 0.629. The second-order valence-corrected chi connectivity index (χ2v) is 4.25. The Morgan fingerprint density at radius 3 is 2.75 bits per heavy atom. The van der Waals surface area contributed by atoms with Crippen LogP contribution < -0.4 is 0 Å². The molecular formula is C12H15Cl2NO. The van der Waals surface area contributed by atoms with Crippen LogP contribution >= 0.6 is 23.2 Å². The van der Waals surface area contributed by atoms with Crippen LogP contribution in [0.2, 0.25) is 5.02 Å². The molecular weight excluding hydrogens is 245 g/mol. The lowest BCUT2D eigenvalue weighted by atomic mass is 10.2. The Bertz CT molecular complexity index is 355. The molecule has 0 radical (unpaired) electrons. The fourth-order valence-corrected chi connectivity index (χ4v) is 1.77. The topological polar surface area (TPSA) is 20.3 Å². The van der Waals surface area contributed by atoms with Crippen LogP contribution in [0.4, 0.5) is 0 Å². The predicted molar refractivity (Wildman–Crippen MR) is 68.4 cm³/mol. The molecule has 0 aliphatic carbocycles. The zero-order chi connectivity index (χ0) is 12.0. The smallest absolute Gasteiger partial charge is 0.253 e. The van der Waals surface area contributed by atoms with Crippen LogP contribution in [-0.4, -0.2) is 29.8 Å². The van der Waals surface area contributed by atoms with Crippen molar-refractivity contribution in [1.29, 1.82) is 0 Å². The van der Waals surface area contributed by atoms with Gasteiger partial charge in [0.25, 0.3) is 5.91 Å². The Balaban J connectivity index is 2.74. The number of carbonyl (C=O) groups excluding carboxylic acids is 1. The molecule has 0 aliphatic heterocycles. The van der Waals surface area contributed by atoms with Crippen molar-refractivity contribution < 1.29 is 4.79 Å². The number of benzene rings is 1. The van der Waals surface area contributed by atoms with Crippen LogP contribution in [0.5, 0.6) is 0 Å². The van der Waals surface area contributed by atoms with E-state index < -0.39 is 0 Å². The van der Waals surface area contributed by atoms with Crippen LogP contribution in [0, 0.1) is 0 Å². The number of hydrogen-bond acceptors (Lipinski definition) is 1. The fourth-order valence-electron chi connectivity index (χ4n) is 1.46. The molecule has 0 aromatic heterocycles. The third-order valence-electron chi connectivity index (χ3n) is 2.30. The van der Waals surface area contributed by atoms with E-state index in [1.165, 1.54) is 0 Å². The molecule has 1 rings (SSSR count). The molecule has 4 heteroatoms. The minimum Gasteiger partial charge on any atom is -0.339 e. The predicted octanol–water partition coefficient (Wildman–Crippen LogP) is 3.43. The highest BCUT2D eigenvalue weighted by atomic mass is 35.5.